The molecule has 0 aliphatic carbocycles. The Kier molecular flexibility index (Phi) is 4.79. The largest absolute Gasteiger partial charge is 0.416 e. The number of benzene rings is 1. The van der Waals surface area contributed by atoms with Crippen LogP contribution in [0.5, 0.6) is 0 Å². The molecule has 0 bridgehead atoms. The molecule has 0 aliphatic rings. The van der Waals surface area contributed by atoms with Gasteiger partial charge in [0.15, 0.2) is 0 Å². The molecule has 0 spiro atoms. The molecule has 0 heterocycles. The molecule has 18 heavy (non-hydrogen) atoms. The second-order valence-corrected chi connectivity index (χ2v) is 5.19. The van der Waals surface area contributed by atoms with Crippen LogP contribution in [0.3, 0.4) is 0 Å². The van der Waals surface area contributed by atoms with Gasteiger partial charge in [-0.05, 0) is 31.9 Å². The van der Waals surface area contributed by atoms with Crippen molar-refractivity contribution >= 4 is 0 Å². The number of hydrogen-bond donors (Lipinski definition) is 1. The zero-order valence-corrected chi connectivity index (χ0v) is 11.1. The van der Waals surface area contributed by atoms with Gasteiger partial charge in [0.2, 0.25) is 0 Å². The molecule has 0 unspecified atom stereocenters. The summed E-state index contributed by atoms with van der Waals surface area (Å²) in [5.41, 5.74) is 0.0206. The van der Waals surface area contributed by atoms with Gasteiger partial charge in [0.05, 0.1) is 5.56 Å². The summed E-state index contributed by atoms with van der Waals surface area (Å²) >= 11 is 0. The lowest BCUT2D eigenvalue weighted by molar-refractivity contribution is -0.137. The predicted molar refractivity (Wildman–Crippen MR) is 67.3 cm³/mol. The summed E-state index contributed by atoms with van der Waals surface area (Å²) in [6.45, 7) is 6.67. The van der Waals surface area contributed by atoms with E-state index in [9.17, 15) is 13.2 Å². The van der Waals surface area contributed by atoms with Crippen molar-refractivity contribution in [2.75, 3.05) is 0 Å². The van der Waals surface area contributed by atoms with Gasteiger partial charge in [-0.2, -0.15) is 13.2 Å². The van der Waals surface area contributed by atoms with E-state index in [1.165, 1.54) is 12.1 Å². The average Bonchev–Trinajstić information content (AvgIpc) is 2.26. The van der Waals surface area contributed by atoms with E-state index >= 15 is 0 Å². The minimum Gasteiger partial charge on any atom is -0.308 e. The molecule has 0 saturated heterocycles. The van der Waals surface area contributed by atoms with Gasteiger partial charge in [0.25, 0.3) is 0 Å². The van der Waals surface area contributed by atoms with E-state index in [0.717, 1.165) is 18.9 Å². The molecule has 1 aromatic rings. The molecule has 0 fully saturated rings. The highest BCUT2D eigenvalue weighted by atomic mass is 19.4. The number of hydrogen-bond acceptors (Lipinski definition) is 1. The standard InChI is InChI=1S/C14H20F3N/c1-4-8-13(2,3)18-10-11-6-5-7-12(9-11)14(15,16)17/h5-7,9,18H,4,8,10H2,1-3H3. The van der Waals surface area contributed by atoms with Gasteiger partial charge in [-0.25, -0.2) is 0 Å². The van der Waals surface area contributed by atoms with Crippen molar-refractivity contribution in [2.24, 2.45) is 0 Å². The minimum absolute atomic E-state index is 0.0526. The van der Waals surface area contributed by atoms with Crippen molar-refractivity contribution in [1.29, 1.82) is 0 Å². The highest BCUT2D eigenvalue weighted by molar-refractivity contribution is 5.25. The third kappa shape index (κ3) is 4.69. The third-order valence-corrected chi connectivity index (χ3v) is 2.90. The maximum absolute atomic E-state index is 12.5. The first kappa shape index (κ1) is 15.0. The molecule has 1 nitrogen and oxygen atoms in total. The monoisotopic (exact) mass is 259 g/mol. The van der Waals surface area contributed by atoms with E-state index in [1.807, 2.05) is 0 Å². The molecule has 1 rings (SSSR count). The van der Waals surface area contributed by atoms with Gasteiger partial charge in [-0.3, -0.25) is 0 Å². The topological polar surface area (TPSA) is 12.0 Å². The molecule has 0 atom stereocenters. The summed E-state index contributed by atoms with van der Waals surface area (Å²) in [5.74, 6) is 0. The second kappa shape index (κ2) is 5.74. The van der Waals surface area contributed by atoms with E-state index in [0.29, 0.717) is 12.1 Å². The van der Waals surface area contributed by atoms with Crippen molar-refractivity contribution in [3.63, 3.8) is 0 Å². The summed E-state index contributed by atoms with van der Waals surface area (Å²) in [5, 5.41) is 3.29. The lowest BCUT2D eigenvalue weighted by atomic mass is 9.98. The van der Waals surface area contributed by atoms with Crippen LogP contribution >= 0.6 is 0 Å². The van der Waals surface area contributed by atoms with Gasteiger partial charge >= 0.3 is 6.18 Å². The third-order valence-electron chi connectivity index (χ3n) is 2.90. The number of alkyl halides is 3. The smallest absolute Gasteiger partial charge is 0.308 e. The van der Waals surface area contributed by atoms with Crippen molar-refractivity contribution in [3.8, 4) is 0 Å². The summed E-state index contributed by atoms with van der Waals surface area (Å²) < 4.78 is 37.6. The molecule has 1 aromatic carbocycles. The van der Waals surface area contributed by atoms with Crippen LogP contribution in [0.25, 0.3) is 0 Å². The van der Waals surface area contributed by atoms with Gasteiger partial charge in [0, 0.05) is 12.1 Å². The fourth-order valence-electron chi connectivity index (χ4n) is 1.91. The molecule has 0 aromatic heterocycles. The highest BCUT2D eigenvalue weighted by Gasteiger charge is 2.30. The second-order valence-electron chi connectivity index (χ2n) is 5.19. The summed E-state index contributed by atoms with van der Waals surface area (Å²) in [6.07, 6.45) is -2.23. The van der Waals surface area contributed by atoms with Gasteiger partial charge in [0.1, 0.15) is 0 Å². The van der Waals surface area contributed by atoms with Crippen LogP contribution in [-0.4, -0.2) is 5.54 Å². The van der Waals surface area contributed by atoms with E-state index < -0.39 is 11.7 Å². The lowest BCUT2D eigenvalue weighted by Crippen LogP contribution is -2.38. The molecule has 1 N–H and O–H groups in total. The van der Waals surface area contributed by atoms with Gasteiger partial charge in [-0.1, -0.05) is 31.5 Å². The summed E-state index contributed by atoms with van der Waals surface area (Å²) in [6, 6.07) is 5.46. The van der Waals surface area contributed by atoms with Crippen LogP contribution in [0.15, 0.2) is 24.3 Å². The molecular formula is C14H20F3N. The Balaban J connectivity index is 2.69. The minimum atomic E-state index is -4.27. The van der Waals surface area contributed by atoms with Crippen LogP contribution in [0, 0.1) is 0 Å². The fourth-order valence-corrected chi connectivity index (χ4v) is 1.91. The Bertz CT molecular complexity index is 383. The summed E-state index contributed by atoms with van der Waals surface area (Å²) in [7, 11) is 0. The van der Waals surface area contributed by atoms with Crippen molar-refractivity contribution < 1.29 is 13.2 Å². The van der Waals surface area contributed by atoms with Crippen LogP contribution in [-0.2, 0) is 12.7 Å². The van der Waals surface area contributed by atoms with E-state index in [2.05, 4.69) is 26.1 Å². The zero-order valence-electron chi connectivity index (χ0n) is 11.1. The Morgan fingerprint density at radius 1 is 1.17 bits per heavy atom. The summed E-state index contributed by atoms with van der Waals surface area (Å²) in [4.78, 5) is 0. The first-order valence-electron chi connectivity index (χ1n) is 6.16. The van der Waals surface area contributed by atoms with Gasteiger partial charge < -0.3 is 5.32 Å². The maximum atomic E-state index is 12.5. The van der Waals surface area contributed by atoms with Crippen LogP contribution in [0.1, 0.15) is 44.7 Å². The molecular weight excluding hydrogens is 239 g/mol. The highest BCUT2D eigenvalue weighted by Crippen LogP contribution is 2.29. The Morgan fingerprint density at radius 2 is 1.83 bits per heavy atom. The maximum Gasteiger partial charge on any atom is 0.416 e. The normalized spacial score (nSPS) is 12.8. The zero-order chi connectivity index (χ0) is 13.8. The molecule has 0 saturated carbocycles. The Morgan fingerprint density at radius 3 is 2.39 bits per heavy atom. The van der Waals surface area contributed by atoms with E-state index in [1.54, 1.807) is 6.07 Å². The fraction of sp³-hybridized carbons (Fsp3) is 0.571. The van der Waals surface area contributed by atoms with Crippen molar-refractivity contribution in [1.82, 2.24) is 5.32 Å². The Hall–Kier alpha value is -1.03. The predicted octanol–water partition coefficient (Wildman–Crippen LogP) is 4.37. The number of rotatable bonds is 5. The van der Waals surface area contributed by atoms with Crippen molar-refractivity contribution in [2.45, 2.75) is 51.9 Å². The number of halogens is 3. The van der Waals surface area contributed by atoms with Crippen LogP contribution in [0.4, 0.5) is 13.2 Å². The van der Waals surface area contributed by atoms with E-state index in [4.69, 9.17) is 0 Å². The Labute approximate surface area is 106 Å². The molecule has 102 valence electrons. The van der Waals surface area contributed by atoms with Crippen LogP contribution < -0.4 is 5.32 Å². The first-order valence-corrected chi connectivity index (χ1v) is 6.16. The SMILES string of the molecule is CCCC(C)(C)NCc1cccc(C(F)(F)F)c1. The van der Waals surface area contributed by atoms with E-state index in [-0.39, 0.29) is 5.54 Å². The molecule has 0 aliphatic heterocycles. The van der Waals surface area contributed by atoms with Gasteiger partial charge in [-0.15, -0.1) is 0 Å². The molecule has 0 amide bonds. The quantitative estimate of drug-likeness (QED) is 0.827. The average molecular weight is 259 g/mol. The first-order chi connectivity index (χ1) is 8.24. The van der Waals surface area contributed by atoms with Crippen LogP contribution in [0.2, 0.25) is 0 Å². The molecule has 0 radical (unpaired) electrons. The lowest BCUT2D eigenvalue weighted by Gasteiger charge is -2.26. The number of nitrogens with one attached hydrogen (secondary N) is 1. The molecule has 4 heteroatoms. The van der Waals surface area contributed by atoms with Crippen molar-refractivity contribution in [3.05, 3.63) is 35.4 Å².